The molecule has 7 heteroatoms. The van der Waals surface area contributed by atoms with Crippen LogP contribution in [0.4, 0.5) is 13.2 Å². The summed E-state index contributed by atoms with van der Waals surface area (Å²) in [5.41, 5.74) is 0.674. The molecule has 4 fully saturated rings. The number of halogens is 3. The van der Waals surface area contributed by atoms with Crippen LogP contribution in [0.1, 0.15) is 71.6 Å². The Kier molecular flexibility index (Phi) is 7.65. The lowest BCUT2D eigenvalue weighted by Gasteiger charge is -2.46. The number of hydrogen-bond acceptors (Lipinski definition) is 4. The van der Waals surface area contributed by atoms with E-state index in [-0.39, 0.29) is 31.3 Å². The molecule has 0 amide bonds. The third-order valence-corrected chi connectivity index (χ3v) is 9.78. The maximum Gasteiger partial charge on any atom is 0.417 e. The van der Waals surface area contributed by atoms with Gasteiger partial charge in [0, 0.05) is 19.6 Å². The molecule has 0 bridgehead atoms. The molecule has 3 N–H and O–H groups in total. The van der Waals surface area contributed by atoms with Gasteiger partial charge >= 0.3 is 6.18 Å². The van der Waals surface area contributed by atoms with Crippen LogP contribution in [0.15, 0.2) is 35.5 Å². The lowest BCUT2D eigenvalue weighted by molar-refractivity contribution is -0.272. The van der Waals surface area contributed by atoms with E-state index in [0.717, 1.165) is 37.8 Å². The topological polar surface area (TPSA) is 63.9 Å². The van der Waals surface area contributed by atoms with Gasteiger partial charge in [-0.05, 0) is 86.5 Å². The van der Waals surface area contributed by atoms with Gasteiger partial charge in [0.15, 0.2) is 5.60 Å². The summed E-state index contributed by atoms with van der Waals surface area (Å²) in [5, 5.41) is 30.3. The van der Waals surface area contributed by atoms with Gasteiger partial charge in [0.2, 0.25) is 0 Å². The van der Waals surface area contributed by atoms with Crippen molar-refractivity contribution in [2.75, 3.05) is 19.6 Å². The molecule has 4 nitrogen and oxygen atoms in total. The molecule has 1 unspecified atom stereocenters. The SMILES string of the molecule is C=C1[C@H](O)CC(=CC=C2CCC[C@]3(C)[C@@H](C(C)CN4CCC(O)(C(F)(F)F)CC4)CC[C@@H]23)C[C@H]1O. The minimum absolute atomic E-state index is 0.185. The highest BCUT2D eigenvalue weighted by atomic mass is 19.4. The summed E-state index contributed by atoms with van der Waals surface area (Å²) in [4.78, 5) is 2.11. The van der Waals surface area contributed by atoms with Crippen LogP contribution in [-0.2, 0) is 0 Å². The number of piperidine rings is 1. The highest BCUT2D eigenvalue weighted by Crippen LogP contribution is 2.59. The van der Waals surface area contributed by atoms with Gasteiger partial charge in [-0.25, -0.2) is 0 Å². The standard InChI is InChI=1S/C28H42F3NO3/c1-18(17-32-13-11-27(35,12-14-32)28(29,30)31)22-8-9-23-21(5-4-10-26(22,23)3)7-6-20-15-24(33)19(2)25(34)16-20/h6-7,18,22-25,33-35H,2,4-5,8-17H2,1,3H3/t18?,22-,23+,24-,25-,26-/m1/s1. The molecule has 6 atom stereocenters. The van der Waals surface area contributed by atoms with Crippen LogP contribution in [0.5, 0.6) is 0 Å². The van der Waals surface area contributed by atoms with E-state index < -0.39 is 24.0 Å². The lowest BCUT2D eigenvalue weighted by atomic mass is 9.61. The number of aliphatic hydroxyl groups is 3. The van der Waals surface area contributed by atoms with Crippen molar-refractivity contribution in [1.29, 1.82) is 0 Å². The molecule has 4 rings (SSSR count). The summed E-state index contributed by atoms with van der Waals surface area (Å²) in [6.07, 6.45) is 4.64. The van der Waals surface area contributed by atoms with Gasteiger partial charge in [0.1, 0.15) is 0 Å². The van der Waals surface area contributed by atoms with Gasteiger partial charge in [-0.3, -0.25) is 0 Å². The first-order valence-corrected chi connectivity index (χ1v) is 13.3. The number of likely N-dealkylation sites (tertiary alicyclic amines) is 1. The number of aliphatic hydroxyl groups excluding tert-OH is 2. The second-order valence-electron chi connectivity index (χ2n) is 12.0. The first-order chi connectivity index (χ1) is 16.3. The second kappa shape index (κ2) is 9.96. The van der Waals surface area contributed by atoms with Gasteiger partial charge < -0.3 is 20.2 Å². The molecule has 3 aliphatic carbocycles. The summed E-state index contributed by atoms with van der Waals surface area (Å²) in [7, 11) is 0. The van der Waals surface area contributed by atoms with Gasteiger partial charge in [-0.15, -0.1) is 0 Å². The van der Waals surface area contributed by atoms with Crippen LogP contribution in [0.25, 0.3) is 0 Å². The molecule has 35 heavy (non-hydrogen) atoms. The fraction of sp³-hybridized carbons (Fsp3) is 0.786. The Bertz CT molecular complexity index is 842. The Labute approximate surface area is 207 Å². The molecule has 4 aliphatic rings. The Balaban J connectivity index is 1.40. The summed E-state index contributed by atoms with van der Waals surface area (Å²) < 4.78 is 39.5. The highest BCUT2D eigenvalue weighted by molar-refractivity contribution is 5.29. The van der Waals surface area contributed by atoms with Crippen LogP contribution in [-0.4, -0.2) is 63.8 Å². The Morgan fingerprint density at radius 2 is 1.71 bits per heavy atom. The van der Waals surface area contributed by atoms with Crippen molar-refractivity contribution < 1.29 is 28.5 Å². The van der Waals surface area contributed by atoms with E-state index in [1.807, 2.05) is 0 Å². The minimum Gasteiger partial charge on any atom is -0.388 e. The molecule has 198 valence electrons. The van der Waals surface area contributed by atoms with E-state index in [2.05, 4.69) is 37.5 Å². The van der Waals surface area contributed by atoms with Gasteiger partial charge in [-0.1, -0.05) is 43.7 Å². The first kappa shape index (κ1) is 26.9. The van der Waals surface area contributed by atoms with Crippen molar-refractivity contribution in [2.24, 2.45) is 23.2 Å². The van der Waals surface area contributed by atoms with Crippen molar-refractivity contribution in [3.63, 3.8) is 0 Å². The van der Waals surface area contributed by atoms with Crippen molar-refractivity contribution in [2.45, 2.75) is 95.6 Å². The van der Waals surface area contributed by atoms with Crippen LogP contribution < -0.4 is 0 Å². The number of hydrogen-bond donors (Lipinski definition) is 3. The largest absolute Gasteiger partial charge is 0.417 e. The predicted molar refractivity (Wildman–Crippen MR) is 131 cm³/mol. The number of allylic oxidation sites excluding steroid dienone is 3. The lowest BCUT2D eigenvalue weighted by Crippen LogP contribution is -2.54. The molecular formula is C28H42F3NO3. The van der Waals surface area contributed by atoms with E-state index >= 15 is 0 Å². The Morgan fingerprint density at radius 3 is 2.31 bits per heavy atom. The van der Waals surface area contributed by atoms with E-state index in [1.54, 1.807) is 0 Å². The third kappa shape index (κ3) is 5.29. The van der Waals surface area contributed by atoms with Gasteiger partial charge in [0.25, 0.3) is 0 Å². The summed E-state index contributed by atoms with van der Waals surface area (Å²) >= 11 is 0. The number of fused-ring (bicyclic) bond motifs is 1. The molecule has 0 aromatic rings. The molecule has 3 saturated carbocycles. The fourth-order valence-electron chi connectivity index (χ4n) is 7.56. The Morgan fingerprint density at radius 1 is 1.09 bits per heavy atom. The quantitative estimate of drug-likeness (QED) is 0.470. The summed E-state index contributed by atoms with van der Waals surface area (Å²) in [6.45, 7) is 9.80. The molecular weight excluding hydrogens is 455 g/mol. The second-order valence-corrected chi connectivity index (χ2v) is 12.0. The Hall–Kier alpha value is -1.15. The summed E-state index contributed by atoms with van der Waals surface area (Å²) in [6, 6.07) is 0. The first-order valence-electron chi connectivity index (χ1n) is 13.3. The zero-order valence-corrected chi connectivity index (χ0v) is 21.2. The average Bonchev–Trinajstić information content (AvgIpc) is 3.14. The maximum atomic E-state index is 13.2. The van der Waals surface area contributed by atoms with Gasteiger partial charge in [0.05, 0.1) is 12.2 Å². The molecule has 0 spiro atoms. The fourth-order valence-corrected chi connectivity index (χ4v) is 7.56. The number of nitrogens with zero attached hydrogens (tertiary/aromatic N) is 1. The van der Waals surface area contributed by atoms with Crippen LogP contribution in [0.2, 0.25) is 0 Å². The smallest absolute Gasteiger partial charge is 0.388 e. The molecule has 0 radical (unpaired) electrons. The maximum absolute atomic E-state index is 13.2. The number of rotatable bonds is 4. The van der Waals surface area contributed by atoms with Gasteiger partial charge in [-0.2, -0.15) is 13.2 Å². The zero-order valence-electron chi connectivity index (χ0n) is 21.2. The van der Waals surface area contributed by atoms with E-state index in [0.29, 0.717) is 36.2 Å². The predicted octanol–water partition coefficient (Wildman–Crippen LogP) is 5.15. The zero-order chi connectivity index (χ0) is 25.6. The van der Waals surface area contributed by atoms with E-state index in [9.17, 15) is 28.5 Å². The molecule has 1 saturated heterocycles. The number of alkyl halides is 3. The normalized spacial score (nSPS) is 38.5. The van der Waals surface area contributed by atoms with Crippen molar-refractivity contribution in [3.05, 3.63) is 35.5 Å². The third-order valence-electron chi connectivity index (χ3n) is 9.78. The molecule has 0 aromatic carbocycles. The minimum atomic E-state index is -4.56. The van der Waals surface area contributed by atoms with Crippen LogP contribution in [0, 0.1) is 23.2 Å². The summed E-state index contributed by atoms with van der Waals surface area (Å²) in [5.74, 6) is 1.41. The van der Waals surface area contributed by atoms with E-state index in [1.165, 1.54) is 12.0 Å². The molecule has 1 heterocycles. The average molecular weight is 498 g/mol. The molecule has 0 aromatic heterocycles. The molecule has 1 aliphatic heterocycles. The van der Waals surface area contributed by atoms with Crippen LogP contribution >= 0.6 is 0 Å². The van der Waals surface area contributed by atoms with Crippen molar-refractivity contribution in [1.82, 2.24) is 4.90 Å². The van der Waals surface area contributed by atoms with Crippen molar-refractivity contribution >= 4 is 0 Å². The van der Waals surface area contributed by atoms with E-state index in [4.69, 9.17) is 0 Å². The highest BCUT2D eigenvalue weighted by Gasteiger charge is 2.55. The monoisotopic (exact) mass is 497 g/mol. The van der Waals surface area contributed by atoms with Crippen molar-refractivity contribution in [3.8, 4) is 0 Å². The van der Waals surface area contributed by atoms with Crippen LogP contribution in [0.3, 0.4) is 0 Å².